The third kappa shape index (κ3) is 6.25. The minimum Gasteiger partial charge on any atom is -0.444 e. The molecule has 2 unspecified atom stereocenters. The first kappa shape index (κ1) is 16.6. The van der Waals surface area contributed by atoms with Gasteiger partial charge in [0.25, 0.3) is 0 Å². The van der Waals surface area contributed by atoms with Crippen molar-refractivity contribution in [1.82, 2.24) is 10.2 Å². The first-order chi connectivity index (χ1) is 9.83. The molecule has 1 heterocycles. The van der Waals surface area contributed by atoms with Gasteiger partial charge in [0.05, 0.1) is 0 Å². The van der Waals surface area contributed by atoms with Crippen LogP contribution in [0.3, 0.4) is 0 Å². The lowest BCUT2D eigenvalue weighted by atomic mass is 10.1. The topological polar surface area (TPSA) is 41.6 Å². The Morgan fingerprint density at radius 1 is 1.29 bits per heavy atom. The van der Waals surface area contributed by atoms with Crippen LogP contribution in [-0.2, 0) is 4.74 Å². The van der Waals surface area contributed by atoms with Gasteiger partial charge in [-0.15, -0.1) is 0 Å². The molecular weight excluding hydrogens is 264 g/mol. The third-order valence-electron chi connectivity index (χ3n) is 4.23. The van der Waals surface area contributed by atoms with Crippen molar-refractivity contribution in [3.63, 3.8) is 0 Å². The number of rotatable bonds is 4. The number of nitrogens with one attached hydrogen (secondary N) is 1. The fourth-order valence-corrected chi connectivity index (χ4v) is 3.09. The number of likely N-dealkylation sites (tertiary alicyclic amines) is 1. The first-order valence-electron chi connectivity index (χ1n) is 8.57. The predicted molar refractivity (Wildman–Crippen MR) is 85.4 cm³/mol. The van der Waals surface area contributed by atoms with Gasteiger partial charge in [-0.3, -0.25) is 0 Å². The number of hydrogen-bond donors (Lipinski definition) is 1. The van der Waals surface area contributed by atoms with Crippen molar-refractivity contribution >= 4 is 6.09 Å². The SMILES string of the molecule is CC(CC1CC1)NC1CCCCN(C(=O)OC(C)(C)C)C1. The fourth-order valence-electron chi connectivity index (χ4n) is 3.09. The fraction of sp³-hybridized carbons (Fsp3) is 0.941. The molecule has 1 amide bonds. The minimum atomic E-state index is -0.411. The zero-order valence-corrected chi connectivity index (χ0v) is 14.2. The molecule has 0 spiro atoms. The summed E-state index contributed by atoms with van der Waals surface area (Å²) in [6, 6.07) is 0.967. The lowest BCUT2D eigenvalue weighted by molar-refractivity contribution is 0.0241. The number of nitrogens with zero attached hydrogens (tertiary/aromatic N) is 1. The van der Waals surface area contributed by atoms with Crippen LogP contribution in [-0.4, -0.2) is 41.8 Å². The third-order valence-corrected chi connectivity index (χ3v) is 4.23. The molecule has 1 aliphatic heterocycles. The van der Waals surface area contributed by atoms with E-state index in [4.69, 9.17) is 4.74 Å². The van der Waals surface area contributed by atoms with E-state index in [1.807, 2.05) is 25.7 Å². The minimum absolute atomic E-state index is 0.161. The highest BCUT2D eigenvalue weighted by Crippen LogP contribution is 2.33. The molecule has 4 heteroatoms. The van der Waals surface area contributed by atoms with Crippen LogP contribution in [0, 0.1) is 5.92 Å². The maximum Gasteiger partial charge on any atom is 0.410 e. The van der Waals surface area contributed by atoms with E-state index in [2.05, 4.69) is 12.2 Å². The molecule has 0 aromatic rings. The Kier molecular flexibility index (Phi) is 5.53. The Hall–Kier alpha value is -0.770. The van der Waals surface area contributed by atoms with Crippen LogP contribution in [0.1, 0.15) is 66.2 Å². The molecule has 2 fully saturated rings. The number of ether oxygens (including phenoxy) is 1. The zero-order chi connectivity index (χ0) is 15.5. The maximum absolute atomic E-state index is 12.3. The second-order valence-corrected chi connectivity index (χ2v) is 7.87. The van der Waals surface area contributed by atoms with Gasteiger partial charge in [0, 0.05) is 25.2 Å². The Bertz CT molecular complexity index is 347. The Labute approximate surface area is 129 Å². The quantitative estimate of drug-likeness (QED) is 0.862. The van der Waals surface area contributed by atoms with Gasteiger partial charge in [0.1, 0.15) is 5.60 Å². The highest BCUT2D eigenvalue weighted by Gasteiger charge is 2.28. The van der Waals surface area contributed by atoms with Crippen molar-refractivity contribution in [1.29, 1.82) is 0 Å². The molecule has 0 bridgehead atoms. The molecule has 2 aliphatic rings. The molecule has 0 aromatic heterocycles. The molecule has 1 aliphatic carbocycles. The summed E-state index contributed by atoms with van der Waals surface area (Å²) in [5, 5.41) is 3.73. The van der Waals surface area contributed by atoms with Crippen LogP contribution in [0.25, 0.3) is 0 Å². The van der Waals surface area contributed by atoms with Crippen molar-refractivity contribution in [2.24, 2.45) is 5.92 Å². The van der Waals surface area contributed by atoms with E-state index in [-0.39, 0.29) is 6.09 Å². The predicted octanol–water partition coefficient (Wildman–Crippen LogP) is 3.55. The molecule has 2 rings (SSSR count). The summed E-state index contributed by atoms with van der Waals surface area (Å²) >= 11 is 0. The van der Waals surface area contributed by atoms with Gasteiger partial charge < -0.3 is 15.0 Å². The van der Waals surface area contributed by atoms with Crippen molar-refractivity contribution in [2.75, 3.05) is 13.1 Å². The van der Waals surface area contributed by atoms with Crippen LogP contribution < -0.4 is 5.32 Å². The van der Waals surface area contributed by atoms with Gasteiger partial charge in [-0.25, -0.2) is 4.79 Å². The lowest BCUT2D eigenvalue weighted by Gasteiger charge is -2.30. The maximum atomic E-state index is 12.3. The molecule has 0 radical (unpaired) electrons. The second kappa shape index (κ2) is 6.99. The average molecular weight is 296 g/mol. The van der Waals surface area contributed by atoms with Gasteiger partial charge in [-0.1, -0.05) is 19.3 Å². The monoisotopic (exact) mass is 296 g/mol. The summed E-state index contributed by atoms with van der Waals surface area (Å²) in [6.45, 7) is 9.66. The van der Waals surface area contributed by atoms with Crippen LogP contribution in [0.5, 0.6) is 0 Å². The standard InChI is InChI=1S/C17H32N2O2/c1-13(11-14-8-9-14)18-15-7-5-6-10-19(12-15)16(20)21-17(2,3)4/h13-15,18H,5-12H2,1-4H3. The summed E-state index contributed by atoms with van der Waals surface area (Å²) in [7, 11) is 0. The van der Waals surface area contributed by atoms with Gasteiger partial charge in [0.15, 0.2) is 0 Å². The van der Waals surface area contributed by atoms with Gasteiger partial charge in [-0.2, -0.15) is 0 Å². The van der Waals surface area contributed by atoms with E-state index in [0.717, 1.165) is 31.8 Å². The average Bonchev–Trinajstić information content (AvgIpc) is 3.14. The van der Waals surface area contributed by atoms with Crippen molar-refractivity contribution in [2.45, 2.75) is 83.9 Å². The van der Waals surface area contributed by atoms with E-state index in [1.165, 1.54) is 25.7 Å². The molecule has 21 heavy (non-hydrogen) atoms. The second-order valence-electron chi connectivity index (χ2n) is 7.87. The summed E-state index contributed by atoms with van der Waals surface area (Å²) in [5.41, 5.74) is -0.411. The normalized spacial score (nSPS) is 25.3. The van der Waals surface area contributed by atoms with Crippen LogP contribution >= 0.6 is 0 Å². The molecule has 122 valence electrons. The first-order valence-corrected chi connectivity index (χ1v) is 8.57. The molecule has 1 saturated carbocycles. The summed E-state index contributed by atoms with van der Waals surface area (Å²) in [4.78, 5) is 14.2. The molecule has 1 N–H and O–H groups in total. The zero-order valence-electron chi connectivity index (χ0n) is 14.2. The Morgan fingerprint density at radius 2 is 2.00 bits per heavy atom. The van der Waals surface area contributed by atoms with Crippen LogP contribution in [0.2, 0.25) is 0 Å². The van der Waals surface area contributed by atoms with Crippen molar-refractivity contribution in [3.05, 3.63) is 0 Å². The number of hydrogen-bond acceptors (Lipinski definition) is 3. The van der Waals surface area contributed by atoms with E-state index >= 15 is 0 Å². The lowest BCUT2D eigenvalue weighted by Crippen LogP contribution is -2.46. The molecular formula is C17H32N2O2. The Balaban J connectivity index is 1.83. The van der Waals surface area contributed by atoms with E-state index in [0.29, 0.717) is 12.1 Å². The largest absolute Gasteiger partial charge is 0.444 e. The molecule has 0 aromatic carbocycles. The van der Waals surface area contributed by atoms with Crippen LogP contribution in [0.4, 0.5) is 4.79 Å². The molecule has 1 saturated heterocycles. The highest BCUT2D eigenvalue weighted by molar-refractivity contribution is 5.68. The summed E-state index contributed by atoms with van der Waals surface area (Å²) in [6.07, 6.45) is 7.35. The van der Waals surface area contributed by atoms with E-state index in [1.54, 1.807) is 0 Å². The number of carbonyl (C=O) groups excluding carboxylic acids is 1. The van der Waals surface area contributed by atoms with E-state index in [9.17, 15) is 4.79 Å². The van der Waals surface area contributed by atoms with Crippen LogP contribution in [0.15, 0.2) is 0 Å². The van der Waals surface area contributed by atoms with Gasteiger partial charge in [-0.05, 0) is 52.9 Å². The molecule has 4 nitrogen and oxygen atoms in total. The van der Waals surface area contributed by atoms with Gasteiger partial charge in [0.2, 0.25) is 0 Å². The Morgan fingerprint density at radius 3 is 2.62 bits per heavy atom. The smallest absolute Gasteiger partial charge is 0.410 e. The van der Waals surface area contributed by atoms with Gasteiger partial charge >= 0.3 is 6.09 Å². The molecule has 2 atom stereocenters. The highest BCUT2D eigenvalue weighted by atomic mass is 16.6. The number of amides is 1. The van der Waals surface area contributed by atoms with Crippen molar-refractivity contribution < 1.29 is 9.53 Å². The van der Waals surface area contributed by atoms with E-state index < -0.39 is 5.60 Å². The summed E-state index contributed by atoms with van der Waals surface area (Å²) in [5.74, 6) is 0.945. The summed E-state index contributed by atoms with van der Waals surface area (Å²) < 4.78 is 5.52. The number of carbonyl (C=O) groups is 1. The van der Waals surface area contributed by atoms with Crippen molar-refractivity contribution in [3.8, 4) is 0 Å².